The summed E-state index contributed by atoms with van der Waals surface area (Å²) >= 11 is 0. The van der Waals surface area contributed by atoms with Crippen LogP contribution in [0, 0.1) is 11.3 Å². The Morgan fingerprint density at radius 3 is 2.52 bits per heavy atom. The molecule has 2 fully saturated rings. The third-order valence-electron chi connectivity index (χ3n) is 6.42. The summed E-state index contributed by atoms with van der Waals surface area (Å²) in [4.78, 5) is 4.95. The average molecular weight is 296 g/mol. The molecule has 2 aliphatic rings. The Morgan fingerprint density at radius 2 is 1.90 bits per heavy atom. The molecule has 0 bridgehead atoms. The van der Waals surface area contributed by atoms with Gasteiger partial charge < -0.3 is 10.0 Å². The Balaban J connectivity index is 2.03. The minimum Gasteiger partial charge on any atom is -0.391 e. The molecule has 1 aliphatic heterocycles. The molecule has 0 spiro atoms. The number of hydrogen-bond acceptors (Lipinski definition) is 3. The number of aliphatic hydroxyl groups is 1. The average Bonchev–Trinajstić information content (AvgIpc) is 2.47. The Labute approximate surface area is 131 Å². The van der Waals surface area contributed by atoms with Gasteiger partial charge in [0.25, 0.3) is 0 Å². The van der Waals surface area contributed by atoms with Crippen molar-refractivity contribution >= 4 is 0 Å². The zero-order valence-electron chi connectivity index (χ0n) is 14.8. The van der Waals surface area contributed by atoms with Crippen molar-refractivity contribution in [3.63, 3.8) is 0 Å². The standard InChI is InChI=1S/C18H36N2O/c1-6-18(2,3)14-9-10-17(21)16(12-14)20-11-7-8-15(13-20)19(4)5/h14-17,21H,6-13H2,1-5H3. The van der Waals surface area contributed by atoms with E-state index in [1.54, 1.807) is 0 Å². The number of likely N-dealkylation sites (tertiary alicyclic amines) is 1. The Kier molecular flexibility index (Phi) is 5.72. The molecule has 1 saturated heterocycles. The van der Waals surface area contributed by atoms with E-state index in [0.717, 1.165) is 18.9 Å². The molecule has 21 heavy (non-hydrogen) atoms. The number of hydrogen-bond donors (Lipinski definition) is 1. The van der Waals surface area contributed by atoms with Gasteiger partial charge in [-0.3, -0.25) is 4.90 Å². The Bertz CT molecular complexity index is 329. The van der Waals surface area contributed by atoms with Crippen molar-refractivity contribution in [1.82, 2.24) is 9.80 Å². The van der Waals surface area contributed by atoms with Crippen LogP contribution in [-0.4, -0.2) is 60.3 Å². The van der Waals surface area contributed by atoms with Gasteiger partial charge in [-0.05, 0) is 64.1 Å². The van der Waals surface area contributed by atoms with Crippen LogP contribution in [0.15, 0.2) is 0 Å². The van der Waals surface area contributed by atoms with Gasteiger partial charge in [0.1, 0.15) is 0 Å². The normalized spacial score (nSPS) is 36.1. The summed E-state index contributed by atoms with van der Waals surface area (Å²) in [5.74, 6) is 0.760. The second kappa shape index (κ2) is 6.97. The first-order valence-corrected chi connectivity index (χ1v) is 8.93. The summed E-state index contributed by atoms with van der Waals surface area (Å²) < 4.78 is 0. The van der Waals surface area contributed by atoms with Crippen LogP contribution < -0.4 is 0 Å². The van der Waals surface area contributed by atoms with Crippen LogP contribution >= 0.6 is 0 Å². The number of nitrogens with zero attached hydrogens (tertiary/aromatic N) is 2. The molecule has 0 aromatic carbocycles. The van der Waals surface area contributed by atoms with Gasteiger partial charge in [0, 0.05) is 18.6 Å². The van der Waals surface area contributed by atoms with Crippen molar-refractivity contribution in [2.75, 3.05) is 27.2 Å². The zero-order valence-corrected chi connectivity index (χ0v) is 14.8. The van der Waals surface area contributed by atoms with E-state index in [4.69, 9.17) is 0 Å². The number of rotatable bonds is 4. The summed E-state index contributed by atoms with van der Waals surface area (Å²) in [6, 6.07) is 1.04. The molecule has 1 aliphatic carbocycles. The molecule has 3 heteroatoms. The van der Waals surface area contributed by atoms with E-state index >= 15 is 0 Å². The molecule has 0 amide bonds. The molecule has 1 saturated carbocycles. The van der Waals surface area contributed by atoms with Gasteiger partial charge in [0.2, 0.25) is 0 Å². The van der Waals surface area contributed by atoms with Crippen molar-refractivity contribution in [3.05, 3.63) is 0 Å². The van der Waals surface area contributed by atoms with Crippen LogP contribution in [0.5, 0.6) is 0 Å². The van der Waals surface area contributed by atoms with E-state index in [9.17, 15) is 5.11 Å². The van der Waals surface area contributed by atoms with Crippen LogP contribution in [0.1, 0.15) is 59.3 Å². The fourth-order valence-corrected chi connectivity index (χ4v) is 4.23. The minimum absolute atomic E-state index is 0.116. The van der Waals surface area contributed by atoms with Crippen molar-refractivity contribution < 1.29 is 5.11 Å². The maximum Gasteiger partial charge on any atom is 0.0695 e. The molecular formula is C18H36N2O. The van der Waals surface area contributed by atoms with E-state index in [2.05, 4.69) is 44.7 Å². The molecular weight excluding hydrogens is 260 g/mol. The molecule has 0 radical (unpaired) electrons. The highest BCUT2D eigenvalue weighted by Crippen LogP contribution is 2.42. The molecule has 2 rings (SSSR count). The highest BCUT2D eigenvalue weighted by molar-refractivity contribution is 4.94. The van der Waals surface area contributed by atoms with Gasteiger partial charge in [-0.25, -0.2) is 0 Å². The van der Waals surface area contributed by atoms with Crippen molar-refractivity contribution in [2.24, 2.45) is 11.3 Å². The van der Waals surface area contributed by atoms with Crippen LogP contribution in [0.25, 0.3) is 0 Å². The largest absolute Gasteiger partial charge is 0.391 e. The summed E-state index contributed by atoms with van der Waals surface area (Å²) in [6.45, 7) is 9.43. The van der Waals surface area contributed by atoms with Crippen LogP contribution in [0.3, 0.4) is 0 Å². The molecule has 1 N–H and O–H groups in total. The van der Waals surface area contributed by atoms with E-state index in [1.807, 2.05) is 0 Å². The van der Waals surface area contributed by atoms with Gasteiger partial charge >= 0.3 is 0 Å². The molecule has 0 aromatic heterocycles. The molecule has 4 atom stereocenters. The lowest BCUT2D eigenvalue weighted by Gasteiger charge is -2.48. The third kappa shape index (κ3) is 4.00. The fraction of sp³-hybridized carbons (Fsp3) is 1.00. The number of likely N-dealkylation sites (N-methyl/N-ethyl adjacent to an activating group) is 1. The van der Waals surface area contributed by atoms with E-state index < -0.39 is 0 Å². The van der Waals surface area contributed by atoms with E-state index in [-0.39, 0.29) is 6.10 Å². The predicted octanol–water partition coefficient (Wildman–Crippen LogP) is 2.98. The quantitative estimate of drug-likeness (QED) is 0.864. The monoisotopic (exact) mass is 296 g/mol. The van der Waals surface area contributed by atoms with Crippen LogP contribution in [0.2, 0.25) is 0 Å². The topological polar surface area (TPSA) is 26.7 Å². The maximum absolute atomic E-state index is 10.5. The summed E-state index contributed by atoms with van der Waals surface area (Å²) in [6.07, 6.45) is 7.06. The maximum atomic E-state index is 10.5. The van der Waals surface area contributed by atoms with Gasteiger partial charge in [-0.1, -0.05) is 27.2 Å². The number of aliphatic hydroxyl groups excluding tert-OH is 1. The minimum atomic E-state index is -0.116. The van der Waals surface area contributed by atoms with Gasteiger partial charge in [-0.2, -0.15) is 0 Å². The first-order chi connectivity index (χ1) is 9.85. The lowest BCUT2D eigenvalue weighted by molar-refractivity contribution is -0.0368. The SMILES string of the molecule is CCC(C)(C)C1CCC(O)C(N2CCCC(N(C)C)C2)C1. The molecule has 124 valence electrons. The predicted molar refractivity (Wildman–Crippen MR) is 89.5 cm³/mol. The van der Waals surface area contributed by atoms with Crippen molar-refractivity contribution in [1.29, 1.82) is 0 Å². The Hall–Kier alpha value is -0.120. The van der Waals surface area contributed by atoms with Gasteiger partial charge in [-0.15, -0.1) is 0 Å². The number of piperidine rings is 1. The molecule has 4 unspecified atom stereocenters. The molecule has 1 heterocycles. The molecule has 3 nitrogen and oxygen atoms in total. The summed E-state index contributed by atoms with van der Waals surface area (Å²) in [5, 5.41) is 10.5. The second-order valence-corrected chi connectivity index (χ2v) is 8.24. The lowest BCUT2D eigenvalue weighted by atomic mass is 9.67. The Morgan fingerprint density at radius 1 is 1.19 bits per heavy atom. The molecule has 0 aromatic rings. The fourth-order valence-electron chi connectivity index (χ4n) is 4.23. The van der Waals surface area contributed by atoms with Gasteiger partial charge in [0.15, 0.2) is 0 Å². The van der Waals surface area contributed by atoms with E-state index in [0.29, 0.717) is 17.5 Å². The highest BCUT2D eigenvalue weighted by atomic mass is 16.3. The highest BCUT2D eigenvalue weighted by Gasteiger charge is 2.40. The zero-order chi connectivity index (χ0) is 15.6. The summed E-state index contributed by atoms with van der Waals surface area (Å²) in [5.41, 5.74) is 0.412. The first-order valence-electron chi connectivity index (χ1n) is 8.93. The van der Waals surface area contributed by atoms with E-state index in [1.165, 1.54) is 38.6 Å². The van der Waals surface area contributed by atoms with Crippen LogP contribution in [0.4, 0.5) is 0 Å². The second-order valence-electron chi connectivity index (χ2n) is 8.24. The van der Waals surface area contributed by atoms with Gasteiger partial charge in [0.05, 0.1) is 6.10 Å². The third-order valence-corrected chi connectivity index (χ3v) is 6.42. The van der Waals surface area contributed by atoms with Crippen LogP contribution in [-0.2, 0) is 0 Å². The lowest BCUT2D eigenvalue weighted by Crippen LogP contribution is -2.55. The summed E-state index contributed by atoms with van der Waals surface area (Å²) in [7, 11) is 4.38. The van der Waals surface area contributed by atoms with Crippen molar-refractivity contribution in [2.45, 2.75) is 77.5 Å². The smallest absolute Gasteiger partial charge is 0.0695 e. The first kappa shape index (κ1) is 17.2. The van der Waals surface area contributed by atoms with Crippen molar-refractivity contribution in [3.8, 4) is 0 Å².